The number of amides is 2. The second-order valence-corrected chi connectivity index (χ2v) is 6.01. The predicted molar refractivity (Wildman–Crippen MR) is 83.4 cm³/mol. The van der Waals surface area contributed by atoms with Crippen molar-refractivity contribution in [2.45, 2.75) is 58.0 Å². The molecule has 2 rings (SSSR count). The van der Waals surface area contributed by atoms with Gasteiger partial charge in [0.1, 0.15) is 0 Å². The molecule has 1 aliphatic carbocycles. The molecule has 0 aliphatic heterocycles. The lowest BCUT2D eigenvalue weighted by Crippen LogP contribution is -2.36. The van der Waals surface area contributed by atoms with Crippen molar-refractivity contribution >= 4 is 11.8 Å². The van der Waals surface area contributed by atoms with E-state index in [1.165, 1.54) is 19.3 Å². The first kappa shape index (κ1) is 15.5. The molecule has 1 aromatic rings. The SMILES string of the molecule is CC(C)NC(=O)c1ccc(C(=O)NC2CCCCC2)cc1. The maximum Gasteiger partial charge on any atom is 0.251 e. The van der Waals surface area contributed by atoms with Crippen molar-refractivity contribution in [2.75, 3.05) is 0 Å². The smallest absolute Gasteiger partial charge is 0.251 e. The molecule has 2 N–H and O–H groups in total. The van der Waals surface area contributed by atoms with Gasteiger partial charge in [-0.25, -0.2) is 0 Å². The van der Waals surface area contributed by atoms with Gasteiger partial charge in [0.15, 0.2) is 0 Å². The highest BCUT2D eigenvalue weighted by Gasteiger charge is 2.17. The van der Waals surface area contributed by atoms with Gasteiger partial charge in [-0.3, -0.25) is 9.59 Å². The van der Waals surface area contributed by atoms with E-state index in [2.05, 4.69) is 10.6 Å². The molecule has 0 atom stereocenters. The van der Waals surface area contributed by atoms with Gasteiger partial charge in [-0.05, 0) is 51.0 Å². The summed E-state index contributed by atoms with van der Waals surface area (Å²) < 4.78 is 0. The maximum absolute atomic E-state index is 12.2. The van der Waals surface area contributed by atoms with Crippen LogP contribution in [0.1, 0.15) is 66.7 Å². The van der Waals surface area contributed by atoms with Gasteiger partial charge in [0.25, 0.3) is 11.8 Å². The number of hydrogen-bond donors (Lipinski definition) is 2. The van der Waals surface area contributed by atoms with Crippen LogP contribution in [0.15, 0.2) is 24.3 Å². The molecule has 1 aromatic carbocycles. The van der Waals surface area contributed by atoms with Crippen molar-refractivity contribution in [2.24, 2.45) is 0 Å². The van der Waals surface area contributed by atoms with Crippen molar-refractivity contribution in [3.8, 4) is 0 Å². The summed E-state index contributed by atoms with van der Waals surface area (Å²) in [4.78, 5) is 24.0. The zero-order valence-electron chi connectivity index (χ0n) is 12.8. The molecule has 4 nitrogen and oxygen atoms in total. The van der Waals surface area contributed by atoms with E-state index in [1.54, 1.807) is 24.3 Å². The Bertz CT molecular complexity index is 488. The van der Waals surface area contributed by atoms with E-state index in [-0.39, 0.29) is 17.9 Å². The van der Waals surface area contributed by atoms with Crippen molar-refractivity contribution in [1.82, 2.24) is 10.6 Å². The van der Waals surface area contributed by atoms with E-state index in [9.17, 15) is 9.59 Å². The van der Waals surface area contributed by atoms with E-state index < -0.39 is 0 Å². The monoisotopic (exact) mass is 288 g/mol. The Morgan fingerprint density at radius 2 is 1.48 bits per heavy atom. The van der Waals surface area contributed by atoms with Gasteiger partial charge in [0.05, 0.1) is 0 Å². The maximum atomic E-state index is 12.2. The molecule has 1 aliphatic rings. The van der Waals surface area contributed by atoms with Crippen LogP contribution in [-0.2, 0) is 0 Å². The van der Waals surface area contributed by atoms with Gasteiger partial charge < -0.3 is 10.6 Å². The summed E-state index contributed by atoms with van der Waals surface area (Å²) in [5, 5.41) is 5.91. The summed E-state index contributed by atoms with van der Waals surface area (Å²) in [5.74, 6) is -0.151. The molecule has 0 unspecified atom stereocenters. The highest BCUT2D eigenvalue weighted by molar-refractivity contribution is 5.97. The first-order valence-electron chi connectivity index (χ1n) is 7.78. The lowest BCUT2D eigenvalue weighted by Gasteiger charge is -2.22. The van der Waals surface area contributed by atoms with Gasteiger partial charge >= 0.3 is 0 Å². The van der Waals surface area contributed by atoms with E-state index in [4.69, 9.17) is 0 Å². The Hall–Kier alpha value is -1.84. The van der Waals surface area contributed by atoms with Crippen LogP contribution >= 0.6 is 0 Å². The molecule has 0 spiro atoms. The lowest BCUT2D eigenvalue weighted by atomic mass is 9.95. The number of carbonyl (C=O) groups excluding carboxylic acids is 2. The minimum absolute atomic E-state index is 0.0438. The van der Waals surface area contributed by atoms with Crippen LogP contribution in [-0.4, -0.2) is 23.9 Å². The second kappa shape index (κ2) is 7.25. The van der Waals surface area contributed by atoms with Gasteiger partial charge in [0, 0.05) is 23.2 Å². The fourth-order valence-corrected chi connectivity index (χ4v) is 2.63. The van der Waals surface area contributed by atoms with Crippen molar-refractivity contribution < 1.29 is 9.59 Å². The van der Waals surface area contributed by atoms with Gasteiger partial charge in [0.2, 0.25) is 0 Å². The fraction of sp³-hybridized carbons (Fsp3) is 0.529. The van der Waals surface area contributed by atoms with E-state index >= 15 is 0 Å². The summed E-state index contributed by atoms with van der Waals surface area (Å²) in [6.45, 7) is 3.84. The van der Waals surface area contributed by atoms with Gasteiger partial charge in [-0.2, -0.15) is 0 Å². The normalized spacial score (nSPS) is 15.8. The van der Waals surface area contributed by atoms with Crippen LogP contribution in [0.3, 0.4) is 0 Å². The van der Waals surface area contributed by atoms with E-state index in [1.807, 2.05) is 13.8 Å². The summed E-state index contributed by atoms with van der Waals surface area (Å²) in [7, 11) is 0. The van der Waals surface area contributed by atoms with Gasteiger partial charge in [-0.1, -0.05) is 19.3 Å². The Kier molecular flexibility index (Phi) is 5.37. The molecule has 0 heterocycles. The first-order chi connectivity index (χ1) is 10.1. The zero-order valence-corrected chi connectivity index (χ0v) is 12.8. The first-order valence-corrected chi connectivity index (χ1v) is 7.78. The quantitative estimate of drug-likeness (QED) is 0.895. The molecule has 1 fully saturated rings. The molecule has 4 heteroatoms. The standard InChI is InChI=1S/C17H24N2O2/c1-12(2)18-16(20)13-8-10-14(11-9-13)17(21)19-15-6-4-3-5-7-15/h8-12,15H,3-7H2,1-2H3,(H,18,20)(H,19,21). The van der Waals surface area contributed by atoms with Crippen molar-refractivity contribution in [3.05, 3.63) is 35.4 Å². The minimum atomic E-state index is -0.107. The van der Waals surface area contributed by atoms with Crippen LogP contribution in [0.25, 0.3) is 0 Å². The molecular weight excluding hydrogens is 264 g/mol. The molecule has 0 radical (unpaired) electrons. The number of benzene rings is 1. The molecule has 2 amide bonds. The third-order valence-corrected chi connectivity index (χ3v) is 3.77. The topological polar surface area (TPSA) is 58.2 Å². The largest absolute Gasteiger partial charge is 0.350 e. The molecular formula is C17H24N2O2. The van der Waals surface area contributed by atoms with Crippen molar-refractivity contribution in [1.29, 1.82) is 0 Å². The summed E-state index contributed by atoms with van der Waals surface area (Å²) in [6.07, 6.45) is 5.80. The van der Waals surface area contributed by atoms with E-state index in [0.29, 0.717) is 17.2 Å². The van der Waals surface area contributed by atoms with Gasteiger partial charge in [-0.15, -0.1) is 0 Å². The molecule has 114 valence electrons. The fourth-order valence-electron chi connectivity index (χ4n) is 2.63. The number of rotatable bonds is 4. The summed E-state index contributed by atoms with van der Waals surface area (Å²) in [6, 6.07) is 7.24. The van der Waals surface area contributed by atoms with Crippen LogP contribution in [0.2, 0.25) is 0 Å². The van der Waals surface area contributed by atoms with Crippen molar-refractivity contribution in [3.63, 3.8) is 0 Å². The Morgan fingerprint density at radius 3 is 2.00 bits per heavy atom. The van der Waals surface area contributed by atoms with Crippen LogP contribution in [0.4, 0.5) is 0 Å². The van der Waals surface area contributed by atoms with Crippen LogP contribution in [0, 0.1) is 0 Å². The number of nitrogens with one attached hydrogen (secondary N) is 2. The molecule has 21 heavy (non-hydrogen) atoms. The Morgan fingerprint density at radius 1 is 0.952 bits per heavy atom. The van der Waals surface area contributed by atoms with Crippen LogP contribution in [0.5, 0.6) is 0 Å². The average Bonchev–Trinajstić information content (AvgIpc) is 2.47. The summed E-state index contributed by atoms with van der Waals surface area (Å²) >= 11 is 0. The highest BCUT2D eigenvalue weighted by atomic mass is 16.2. The third-order valence-electron chi connectivity index (χ3n) is 3.77. The second-order valence-electron chi connectivity index (χ2n) is 6.01. The third kappa shape index (κ3) is 4.59. The Balaban J connectivity index is 1.94. The summed E-state index contributed by atoms with van der Waals surface area (Å²) in [5.41, 5.74) is 1.19. The average molecular weight is 288 g/mol. The van der Waals surface area contributed by atoms with E-state index in [0.717, 1.165) is 12.8 Å². The number of hydrogen-bond acceptors (Lipinski definition) is 2. The number of carbonyl (C=O) groups is 2. The predicted octanol–water partition coefficient (Wildman–Crippen LogP) is 2.89. The molecule has 0 saturated heterocycles. The highest BCUT2D eigenvalue weighted by Crippen LogP contribution is 2.18. The lowest BCUT2D eigenvalue weighted by molar-refractivity contribution is 0.0921. The minimum Gasteiger partial charge on any atom is -0.350 e. The van der Waals surface area contributed by atoms with Crippen LogP contribution < -0.4 is 10.6 Å². The Labute approximate surface area is 126 Å². The zero-order chi connectivity index (χ0) is 15.2. The molecule has 0 aromatic heterocycles. The molecule has 1 saturated carbocycles. The molecule has 0 bridgehead atoms.